The van der Waals surface area contributed by atoms with E-state index in [9.17, 15) is 4.39 Å². The Morgan fingerprint density at radius 2 is 1.67 bits per heavy atom. The Bertz CT molecular complexity index is 614. The monoisotopic (exact) mass is 289 g/mol. The van der Waals surface area contributed by atoms with Gasteiger partial charge in [0.2, 0.25) is 0 Å². The third kappa shape index (κ3) is 3.52. The largest absolute Gasteiger partial charge is 0.490 e. The molecule has 2 rings (SSSR count). The van der Waals surface area contributed by atoms with Crippen LogP contribution in [-0.4, -0.2) is 13.2 Å². The Morgan fingerprint density at radius 1 is 0.952 bits per heavy atom. The molecule has 21 heavy (non-hydrogen) atoms. The average molecular weight is 289 g/mol. The van der Waals surface area contributed by atoms with Crippen molar-refractivity contribution in [2.24, 2.45) is 5.73 Å². The summed E-state index contributed by atoms with van der Waals surface area (Å²) >= 11 is 0. The highest BCUT2D eigenvalue weighted by molar-refractivity contribution is 5.70. The van der Waals surface area contributed by atoms with Crippen LogP contribution in [0.1, 0.15) is 19.4 Å². The zero-order valence-electron chi connectivity index (χ0n) is 12.4. The van der Waals surface area contributed by atoms with E-state index in [4.69, 9.17) is 15.2 Å². The molecule has 0 aromatic heterocycles. The Hall–Kier alpha value is -2.07. The van der Waals surface area contributed by atoms with Crippen molar-refractivity contribution in [3.05, 3.63) is 47.8 Å². The molecule has 0 amide bonds. The van der Waals surface area contributed by atoms with Gasteiger partial charge >= 0.3 is 0 Å². The van der Waals surface area contributed by atoms with Crippen LogP contribution in [-0.2, 0) is 6.54 Å². The third-order valence-corrected chi connectivity index (χ3v) is 3.14. The van der Waals surface area contributed by atoms with Crippen molar-refractivity contribution < 1.29 is 13.9 Å². The van der Waals surface area contributed by atoms with Gasteiger partial charge in [0.1, 0.15) is 5.82 Å². The molecule has 112 valence electrons. The van der Waals surface area contributed by atoms with Crippen LogP contribution in [0.3, 0.4) is 0 Å². The molecular weight excluding hydrogens is 269 g/mol. The van der Waals surface area contributed by atoms with E-state index in [0.29, 0.717) is 24.7 Å². The molecule has 2 aromatic rings. The van der Waals surface area contributed by atoms with Gasteiger partial charge in [-0.1, -0.05) is 12.1 Å². The fourth-order valence-electron chi connectivity index (χ4n) is 2.23. The number of ether oxygens (including phenoxy) is 2. The van der Waals surface area contributed by atoms with Crippen LogP contribution in [0.25, 0.3) is 11.1 Å². The minimum atomic E-state index is -0.282. The predicted molar refractivity (Wildman–Crippen MR) is 82.1 cm³/mol. The van der Waals surface area contributed by atoms with Gasteiger partial charge in [0.05, 0.1) is 13.2 Å². The first-order chi connectivity index (χ1) is 10.2. The molecule has 0 bridgehead atoms. The highest BCUT2D eigenvalue weighted by Crippen LogP contribution is 2.34. The molecule has 0 aliphatic carbocycles. The molecule has 0 saturated carbocycles. The molecule has 0 saturated heterocycles. The molecule has 3 nitrogen and oxygen atoms in total. The number of halogens is 1. The Balaban J connectivity index is 2.47. The summed E-state index contributed by atoms with van der Waals surface area (Å²) in [6.45, 7) is 5.26. The summed E-state index contributed by atoms with van der Waals surface area (Å²) in [5.74, 6) is 1.11. The van der Waals surface area contributed by atoms with E-state index in [1.165, 1.54) is 12.1 Å². The SMILES string of the molecule is CCOc1ccc(-c2ccc(F)cc2CN)cc1OCC. The lowest BCUT2D eigenvalue weighted by molar-refractivity contribution is 0.288. The van der Waals surface area contributed by atoms with Gasteiger partial charge in [-0.3, -0.25) is 0 Å². The lowest BCUT2D eigenvalue weighted by Gasteiger charge is -2.14. The van der Waals surface area contributed by atoms with E-state index in [1.807, 2.05) is 32.0 Å². The first kappa shape index (κ1) is 15.3. The Kier molecular flexibility index (Phi) is 5.17. The van der Waals surface area contributed by atoms with Gasteiger partial charge in [-0.2, -0.15) is 0 Å². The third-order valence-electron chi connectivity index (χ3n) is 3.14. The van der Waals surface area contributed by atoms with Gasteiger partial charge in [0.15, 0.2) is 11.5 Å². The van der Waals surface area contributed by atoms with E-state index in [0.717, 1.165) is 16.7 Å². The molecule has 0 radical (unpaired) electrons. The average Bonchev–Trinajstić information content (AvgIpc) is 2.49. The topological polar surface area (TPSA) is 44.5 Å². The van der Waals surface area contributed by atoms with Crippen LogP contribution in [0.2, 0.25) is 0 Å². The molecule has 0 atom stereocenters. The first-order valence-corrected chi connectivity index (χ1v) is 7.08. The van der Waals surface area contributed by atoms with Gasteiger partial charge < -0.3 is 15.2 Å². The lowest BCUT2D eigenvalue weighted by atomic mass is 9.99. The smallest absolute Gasteiger partial charge is 0.161 e. The van der Waals surface area contributed by atoms with Crippen LogP contribution in [0, 0.1) is 5.82 Å². The number of rotatable bonds is 6. The second-order valence-electron chi connectivity index (χ2n) is 4.53. The van der Waals surface area contributed by atoms with Crippen molar-refractivity contribution in [1.29, 1.82) is 0 Å². The number of nitrogens with two attached hydrogens (primary N) is 1. The quantitative estimate of drug-likeness (QED) is 0.881. The zero-order valence-corrected chi connectivity index (χ0v) is 12.4. The second kappa shape index (κ2) is 7.09. The maximum absolute atomic E-state index is 13.3. The Morgan fingerprint density at radius 3 is 2.33 bits per heavy atom. The van der Waals surface area contributed by atoms with Crippen molar-refractivity contribution in [2.75, 3.05) is 13.2 Å². The molecule has 0 spiro atoms. The summed E-state index contributed by atoms with van der Waals surface area (Å²) in [6.07, 6.45) is 0. The summed E-state index contributed by atoms with van der Waals surface area (Å²) in [6, 6.07) is 10.3. The summed E-state index contributed by atoms with van der Waals surface area (Å²) < 4.78 is 24.5. The molecule has 0 fully saturated rings. The van der Waals surface area contributed by atoms with Crippen LogP contribution in [0.4, 0.5) is 4.39 Å². The fraction of sp³-hybridized carbons (Fsp3) is 0.294. The summed E-state index contributed by atoms with van der Waals surface area (Å²) in [7, 11) is 0. The molecule has 0 unspecified atom stereocenters. The molecule has 0 aliphatic rings. The first-order valence-electron chi connectivity index (χ1n) is 7.08. The molecule has 4 heteroatoms. The molecule has 2 aromatic carbocycles. The summed E-state index contributed by atoms with van der Waals surface area (Å²) in [5.41, 5.74) is 8.31. The van der Waals surface area contributed by atoms with Crippen molar-refractivity contribution in [2.45, 2.75) is 20.4 Å². The van der Waals surface area contributed by atoms with Crippen LogP contribution >= 0.6 is 0 Å². The summed E-state index contributed by atoms with van der Waals surface area (Å²) in [4.78, 5) is 0. The van der Waals surface area contributed by atoms with Gasteiger partial charge in [-0.25, -0.2) is 4.39 Å². The van der Waals surface area contributed by atoms with E-state index in [2.05, 4.69) is 0 Å². The van der Waals surface area contributed by atoms with Gasteiger partial charge in [-0.05, 0) is 54.8 Å². The van der Waals surface area contributed by atoms with Crippen molar-refractivity contribution >= 4 is 0 Å². The van der Waals surface area contributed by atoms with Gasteiger partial charge in [0, 0.05) is 6.54 Å². The molecule has 2 N–H and O–H groups in total. The molecular formula is C17H20FNO2. The number of benzene rings is 2. The highest BCUT2D eigenvalue weighted by atomic mass is 19.1. The van der Waals surface area contributed by atoms with E-state index >= 15 is 0 Å². The second-order valence-corrected chi connectivity index (χ2v) is 4.53. The zero-order chi connectivity index (χ0) is 15.2. The molecule has 0 heterocycles. The minimum Gasteiger partial charge on any atom is -0.490 e. The van der Waals surface area contributed by atoms with E-state index in [-0.39, 0.29) is 12.4 Å². The normalized spacial score (nSPS) is 10.5. The van der Waals surface area contributed by atoms with E-state index < -0.39 is 0 Å². The van der Waals surface area contributed by atoms with Crippen molar-refractivity contribution in [3.8, 4) is 22.6 Å². The highest BCUT2D eigenvalue weighted by Gasteiger charge is 2.10. The van der Waals surface area contributed by atoms with E-state index in [1.54, 1.807) is 6.07 Å². The standard InChI is InChI=1S/C17H20FNO2/c1-3-20-16-8-5-12(10-17(16)21-4-2)15-7-6-14(18)9-13(15)11-19/h5-10H,3-4,11,19H2,1-2H3. The lowest BCUT2D eigenvalue weighted by Crippen LogP contribution is -2.01. The van der Waals surface area contributed by atoms with Crippen molar-refractivity contribution in [1.82, 2.24) is 0 Å². The van der Waals surface area contributed by atoms with Crippen LogP contribution in [0.15, 0.2) is 36.4 Å². The van der Waals surface area contributed by atoms with Gasteiger partial charge in [-0.15, -0.1) is 0 Å². The Labute approximate surface area is 124 Å². The fourth-order valence-corrected chi connectivity index (χ4v) is 2.23. The maximum Gasteiger partial charge on any atom is 0.161 e. The van der Waals surface area contributed by atoms with Crippen LogP contribution in [0.5, 0.6) is 11.5 Å². The minimum absolute atomic E-state index is 0.282. The maximum atomic E-state index is 13.3. The van der Waals surface area contributed by atoms with Crippen LogP contribution < -0.4 is 15.2 Å². The molecule has 0 aliphatic heterocycles. The number of hydrogen-bond donors (Lipinski definition) is 1. The summed E-state index contributed by atoms with van der Waals surface area (Å²) in [5, 5.41) is 0. The number of hydrogen-bond acceptors (Lipinski definition) is 3. The van der Waals surface area contributed by atoms with Gasteiger partial charge in [0.25, 0.3) is 0 Å². The van der Waals surface area contributed by atoms with Crippen molar-refractivity contribution in [3.63, 3.8) is 0 Å². The predicted octanol–water partition coefficient (Wildman–Crippen LogP) is 3.75.